The van der Waals surface area contributed by atoms with Crippen LogP contribution in [0, 0.1) is 6.92 Å². The van der Waals surface area contributed by atoms with E-state index in [0.29, 0.717) is 25.1 Å². The molecule has 0 unspecified atom stereocenters. The van der Waals surface area contributed by atoms with Crippen molar-refractivity contribution in [3.63, 3.8) is 0 Å². The number of amides is 1. The largest absolute Gasteiger partial charge is 0.377 e. The third-order valence-electron chi connectivity index (χ3n) is 4.53. The number of nitrogens with one attached hydrogen (secondary N) is 4. The van der Waals surface area contributed by atoms with Gasteiger partial charge in [-0.05, 0) is 79.3 Å². The lowest BCUT2D eigenvalue weighted by Crippen LogP contribution is -2.31. The Bertz CT molecular complexity index is 956. The number of carbonyl (C=O) groups is 1. The van der Waals surface area contributed by atoms with E-state index in [1.807, 2.05) is 25.3 Å². The lowest BCUT2D eigenvalue weighted by atomic mass is 10.0. The molecule has 0 radical (unpaired) electrons. The van der Waals surface area contributed by atoms with Crippen LogP contribution in [0.1, 0.15) is 30.0 Å². The summed E-state index contributed by atoms with van der Waals surface area (Å²) in [6, 6.07) is 2.02. The van der Waals surface area contributed by atoms with E-state index in [1.54, 1.807) is 25.4 Å². The number of H-pyrrole nitrogens is 2. The maximum atomic E-state index is 14.0. The molecule has 0 bridgehead atoms. The van der Waals surface area contributed by atoms with Crippen molar-refractivity contribution in [1.29, 1.82) is 0 Å². The second-order valence-electron chi connectivity index (χ2n) is 6.81. The summed E-state index contributed by atoms with van der Waals surface area (Å²) in [7, 11) is 1.59. The minimum atomic E-state index is -0.370. The highest BCUT2D eigenvalue weighted by Crippen LogP contribution is 2.18. The molecule has 0 fully saturated rings. The molecule has 1 aromatic rings. The predicted octanol–water partition coefficient (Wildman–Crippen LogP) is 4.61. The Morgan fingerprint density at radius 3 is 2.63 bits per heavy atom. The molecule has 1 aliphatic heterocycles. The fourth-order valence-electron chi connectivity index (χ4n) is 2.80. The Morgan fingerprint density at radius 2 is 1.97 bits per heavy atom. The molecule has 30 heavy (non-hydrogen) atoms. The Labute approximate surface area is 175 Å². The molecular formula is C23H28F2N4O. The van der Waals surface area contributed by atoms with E-state index in [-0.39, 0.29) is 17.6 Å². The van der Waals surface area contributed by atoms with Crippen molar-refractivity contribution in [3.05, 3.63) is 89.0 Å². The first-order valence-electron chi connectivity index (χ1n) is 9.71. The van der Waals surface area contributed by atoms with Crippen LogP contribution in [0.3, 0.4) is 0 Å². The lowest BCUT2D eigenvalue weighted by molar-refractivity contribution is -0.117. The van der Waals surface area contributed by atoms with E-state index in [9.17, 15) is 13.6 Å². The highest BCUT2D eigenvalue weighted by molar-refractivity contribution is 5.94. The van der Waals surface area contributed by atoms with Gasteiger partial charge in [0.25, 0.3) is 5.91 Å². The van der Waals surface area contributed by atoms with Crippen LogP contribution in [0.25, 0.3) is 5.57 Å². The first kappa shape index (κ1) is 22.9. The fourth-order valence-corrected chi connectivity index (χ4v) is 2.80. The summed E-state index contributed by atoms with van der Waals surface area (Å²) in [5, 5.41) is 11.7. The molecule has 7 heteroatoms. The number of aromatic nitrogens is 2. The van der Waals surface area contributed by atoms with Gasteiger partial charge in [-0.15, -0.1) is 0 Å². The summed E-state index contributed by atoms with van der Waals surface area (Å²) in [5.74, 6) is -0.812. The van der Waals surface area contributed by atoms with Crippen LogP contribution in [0.15, 0.2) is 72.3 Å². The summed E-state index contributed by atoms with van der Waals surface area (Å²) in [5.41, 5.74) is 4.38. The zero-order valence-electron chi connectivity index (χ0n) is 17.5. The average molecular weight is 415 g/mol. The second-order valence-corrected chi connectivity index (χ2v) is 6.81. The molecule has 1 aromatic heterocycles. The summed E-state index contributed by atoms with van der Waals surface area (Å²) in [4.78, 5) is 11.7. The Balaban J connectivity index is 2.19. The van der Waals surface area contributed by atoms with Crippen LogP contribution in [-0.4, -0.2) is 29.7 Å². The number of likely N-dealkylation sites (N-methyl/N-ethyl adjacent to an activating group) is 1. The van der Waals surface area contributed by atoms with E-state index < -0.39 is 0 Å². The number of halogens is 2. The lowest BCUT2D eigenvalue weighted by Gasteiger charge is -2.16. The van der Waals surface area contributed by atoms with Gasteiger partial charge in [-0.25, -0.2) is 8.78 Å². The molecule has 1 amide bonds. The van der Waals surface area contributed by atoms with Crippen molar-refractivity contribution < 1.29 is 13.6 Å². The second kappa shape index (κ2) is 11.6. The van der Waals surface area contributed by atoms with Crippen LogP contribution in [0.5, 0.6) is 0 Å². The Kier molecular flexibility index (Phi) is 8.87. The number of rotatable bonds is 7. The van der Waals surface area contributed by atoms with Crippen molar-refractivity contribution >= 4 is 11.5 Å². The van der Waals surface area contributed by atoms with E-state index in [0.717, 1.165) is 22.3 Å². The standard InChI is InChI=1S/C23H28F2N4O/c1-16-12-20(19-9-11-22(27-13-19)23(30)26-3)15-29-28-14-18(16)8-10-21(25)7-5-4-6-17(2)24/h5-7,9-12,14-15,27-29H,4,8,13H2,1-3H3,(H,26,30)/b7-5-,16-12?,17-6+,18-14?,20-15?,21-10-. The molecule has 2 heterocycles. The molecule has 2 rings (SSSR count). The van der Waals surface area contributed by atoms with E-state index >= 15 is 0 Å². The molecule has 5 nitrogen and oxygen atoms in total. The molecule has 0 aromatic carbocycles. The minimum absolute atomic E-state index is 0.160. The smallest absolute Gasteiger partial charge is 0.267 e. The van der Waals surface area contributed by atoms with Crippen LogP contribution >= 0.6 is 0 Å². The summed E-state index contributed by atoms with van der Waals surface area (Å²) < 4.78 is 26.6. The monoisotopic (exact) mass is 414 g/mol. The maximum absolute atomic E-state index is 14.0. The van der Waals surface area contributed by atoms with Crippen molar-refractivity contribution in [2.45, 2.75) is 26.7 Å². The van der Waals surface area contributed by atoms with Gasteiger partial charge >= 0.3 is 0 Å². The topological polar surface area (TPSA) is 72.7 Å². The summed E-state index contributed by atoms with van der Waals surface area (Å²) in [6.45, 7) is 3.84. The van der Waals surface area contributed by atoms with Crippen LogP contribution in [0.2, 0.25) is 0 Å². The third-order valence-corrected chi connectivity index (χ3v) is 4.53. The van der Waals surface area contributed by atoms with Gasteiger partial charge in [0.1, 0.15) is 11.5 Å². The average Bonchev–Trinajstić information content (AvgIpc) is 2.73. The van der Waals surface area contributed by atoms with Crippen molar-refractivity contribution in [1.82, 2.24) is 20.8 Å². The van der Waals surface area contributed by atoms with Gasteiger partial charge in [-0.3, -0.25) is 4.79 Å². The number of hydrogen-bond donors (Lipinski definition) is 4. The van der Waals surface area contributed by atoms with Crippen molar-refractivity contribution in [2.24, 2.45) is 0 Å². The number of hydrogen-bond acceptors (Lipinski definition) is 2. The number of aryl methyl sites for hydroxylation is 1. The molecular weight excluding hydrogens is 386 g/mol. The summed E-state index contributed by atoms with van der Waals surface area (Å²) >= 11 is 0. The molecule has 0 spiro atoms. The van der Waals surface area contributed by atoms with Crippen molar-refractivity contribution in [3.8, 4) is 0 Å². The van der Waals surface area contributed by atoms with Gasteiger partial charge in [0.2, 0.25) is 0 Å². The van der Waals surface area contributed by atoms with Crippen molar-refractivity contribution in [2.75, 3.05) is 13.6 Å². The molecule has 0 aliphatic carbocycles. The molecule has 0 saturated carbocycles. The maximum Gasteiger partial charge on any atom is 0.267 e. The molecule has 0 atom stereocenters. The van der Waals surface area contributed by atoms with Crippen LogP contribution in [-0.2, 0) is 11.2 Å². The highest BCUT2D eigenvalue weighted by Gasteiger charge is 2.12. The molecule has 160 valence electrons. The van der Waals surface area contributed by atoms with Gasteiger partial charge in [0.15, 0.2) is 0 Å². The van der Waals surface area contributed by atoms with Gasteiger partial charge < -0.3 is 20.8 Å². The van der Waals surface area contributed by atoms with Gasteiger partial charge in [0.05, 0.1) is 5.83 Å². The van der Waals surface area contributed by atoms with Gasteiger partial charge in [0, 0.05) is 26.0 Å². The first-order valence-corrected chi connectivity index (χ1v) is 9.71. The normalized spacial score (nSPS) is 14.7. The molecule has 4 N–H and O–H groups in total. The number of dihydropyridines is 1. The third kappa shape index (κ3) is 7.24. The van der Waals surface area contributed by atoms with E-state index in [2.05, 4.69) is 20.8 Å². The summed E-state index contributed by atoms with van der Waals surface area (Å²) in [6.07, 6.45) is 13.8. The number of carbonyl (C=O) groups excluding carboxylic acids is 1. The zero-order valence-corrected chi connectivity index (χ0v) is 17.5. The quantitative estimate of drug-likeness (QED) is 0.492. The molecule has 0 saturated heterocycles. The van der Waals surface area contributed by atoms with Gasteiger partial charge in [-0.1, -0.05) is 12.2 Å². The first-order chi connectivity index (χ1) is 14.4. The zero-order chi connectivity index (χ0) is 21.9. The van der Waals surface area contributed by atoms with E-state index in [1.165, 1.54) is 25.2 Å². The van der Waals surface area contributed by atoms with Gasteiger partial charge in [-0.2, -0.15) is 0 Å². The predicted molar refractivity (Wildman–Crippen MR) is 117 cm³/mol. The minimum Gasteiger partial charge on any atom is -0.377 e. The van der Waals surface area contributed by atoms with E-state index in [4.69, 9.17) is 0 Å². The Morgan fingerprint density at radius 1 is 1.20 bits per heavy atom. The SMILES string of the molecule is CNC(=O)C1=CC=C(c2c[nH][nH]cc(C/C=C(F)/C=C\C/C=C(\C)F)c(C)c2)CN1. The fraction of sp³-hybridized carbons (Fsp3) is 0.261. The van der Waals surface area contributed by atoms with Crippen LogP contribution in [0.4, 0.5) is 8.78 Å². The highest BCUT2D eigenvalue weighted by atomic mass is 19.1. The number of aromatic amines is 2. The molecule has 1 aliphatic rings. The Hall–Kier alpha value is -3.35. The number of allylic oxidation sites excluding steroid dienone is 8. The van der Waals surface area contributed by atoms with Crippen LogP contribution < -0.4 is 10.6 Å².